The fraction of sp³-hybridized carbons (Fsp3) is 0.909. The van der Waals surface area contributed by atoms with Gasteiger partial charge in [0.25, 0.3) is 0 Å². The number of ketones is 1. The fourth-order valence-electron chi connectivity index (χ4n) is 1.69. The predicted octanol–water partition coefficient (Wildman–Crippen LogP) is 2.09. The van der Waals surface area contributed by atoms with Crippen LogP contribution in [-0.4, -0.2) is 29.8 Å². The number of hydrogen-bond donors (Lipinski definition) is 0. The van der Waals surface area contributed by atoms with Crippen LogP contribution in [-0.2, 0) is 4.79 Å². The van der Waals surface area contributed by atoms with Crippen molar-refractivity contribution in [1.82, 2.24) is 4.90 Å². The van der Waals surface area contributed by atoms with Crippen LogP contribution >= 0.6 is 0 Å². The maximum absolute atomic E-state index is 11.5. The average Bonchev–Trinajstić information content (AvgIpc) is 2.95. The van der Waals surface area contributed by atoms with Gasteiger partial charge in [0.15, 0.2) is 0 Å². The van der Waals surface area contributed by atoms with E-state index in [4.69, 9.17) is 0 Å². The van der Waals surface area contributed by atoms with Gasteiger partial charge in [-0.1, -0.05) is 13.8 Å². The number of rotatable bonds is 6. The Morgan fingerprint density at radius 3 is 2.46 bits per heavy atom. The van der Waals surface area contributed by atoms with Crippen molar-refractivity contribution in [1.29, 1.82) is 0 Å². The molecule has 0 amide bonds. The highest BCUT2D eigenvalue weighted by molar-refractivity contribution is 5.83. The second-order valence-corrected chi connectivity index (χ2v) is 4.03. The molecule has 2 heteroatoms. The predicted molar refractivity (Wildman–Crippen MR) is 54.7 cm³/mol. The zero-order chi connectivity index (χ0) is 9.84. The summed E-state index contributed by atoms with van der Waals surface area (Å²) in [7, 11) is 0. The number of nitrogens with zero attached hydrogens (tertiary/aromatic N) is 1. The number of hydrogen-bond acceptors (Lipinski definition) is 2. The van der Waals surface area contributed by atoms with Crippen LogP contribution in [0.5, 0.6) is 0 Å². The molecule has 0 aromatic heterocycles. The first-order valence-electron chi connectivity index (χ1n) is 5.45. The molecule has 0 radical (unpaired) electrons. The van der Waals surface area contributed by atoms with Crippen molar-refractivity contribution in [3.8, 4) is 0 Å². The van der Waals surface area contributed by atoms with Crippen molar-refractivity contribution in [2.24, 2.45) is 5.92 Å². The maximum Gasteiger partial charge on any atom is 0.149 e. The summed E-state index contributed by atoms with van der Waals surface area (Å²) in [5.74, 6) is 1.26. The van der Waals surface area contributed by atoms with E-state index in [2.05, 4.69) is 11.8 Å². The first-order chi connectivity index (χ1) is 6.19. The lowest BCUT2D eigenvalue weighted by Gasteiger charge is -2.26. The van der Waals surface area contributed by atoms with Crippen LogP contribution in [0.15, 0.2) is 0 Å². The van der Waals surface area contributed by atoms with Crippen molar-refractivity contribution >= 4 is 5.78 Å². The van der Waals surface area contributed by atoms with Crippen LogP contribution in [0.25, 0.3) is 0 Å². The number of carbonyl (C=O) groups excluding carboxylic acids is 1. The summed E-state index contributed by atoms with van der Waals surface area (Å²) in [5.41, 5.74) is 0. The monoisotopic (exact) mass is 183 g/mol. The van der Waals surface area contributed by atoms with E-state index < -0.39 is 0 Å². The Hall–Kier alpha value is -0.370. The van der Waals surface area contributed by atoms with Gasteiger partial charge >= 0.3 is 0 Å². The summed E-state index contributed by atoms with van der Waals surface area (Å²) in [6, 6.07) is 0.135. The SMILES string of the molecule is CCC(=O)C(C)N(CC)CC1CC1. The molecule has 1 aliphatic rings. The number of carbonyl (C=O) groups is 1. The van der Waals surface area contributed by atoms with Gasteiger partial charge < -0.3 is 0 Å². The molecule has 1 unspecified atom stereocenters. The summed E-state index contributed by atoms with van der Waals surface area (Å²) in [6.07, 6.45) is 3.40. The van der Waals surface area contributed by atoms with Crippen molar-refractivity contribution in [3.63, 3.8) is 0 Å². The van der Waals surface area contributed by atoms with Gasteiger partial charge in [-0.3, -0.25) is 9.69 Å². The Labute approximate surface area is 81.3 Å². The minimum atomic E-state index is 0.135. The normalized spacial score (nSPS) is 19.1. The molecule has 0 N–H and O–H groups in total. The molecule has 13 heavy (non-hydrogen) atoms. The zero-order valence-corrected chi connectivity index (χ0v) is 9.05. The van der Waals surface area contributed by atoms with Gasteiger partial charge in [0.2, 0.25) is 0 Å². The number of Topliss-reactive ketones (excluding diaryl/α,β-unsaturated/α-hetero) is 1. The van der Waals surface area contributed by atoms with Gasteiger partial charge in [-0.25, -0.2) is 0 Å². The molecule has 0 aliphatic heterocycles. The largest absolute Gasteiger partial charge is 0.298 e. The van der Waals surface area contributed by atoms with Crippen LogP contribution in [0.2, 0.25) is 0 Å². The van der Waals surface area contributed by atoms with Gasteiger partial charge in [0, 0.05) is 13.0 Å². The van der Waals surface area contributed by atoms with Crippen molar-refractivity contribution < 1.29 is 4.79 Å². The summed E-state index contributed by atoms with van der Waals surface area (Å²) in [4.78, 5) is 13.8. The summed E-state index contributed by atoms with van der Waals surface area (Å²) in [5, 5.41) is 0. The second-order valence-electron chi connectivity index (χ2n) is 4.03. The molecule has 0 aromatic rings. The van der Waals surface area contributed by atoms with E-state index in [1.165, 1.54) is 12.8 Å². The molecule has 0 aromatic carbocycles. The molecule has 0 bridgehead atoms. The van der Waals surface area contributed by atoms with E-state index in [1.807, 2.05) is 13.8 Å². The first-order valence-corrected chi connectivity index (χ1v) is 5.45. The minimum absolute atomic E-state index is 0.135. The lowest BCUT2D eigenvalue weighted by Crippen LogP contribution is -2.39. The molecule has 76 valence electrons. The highest BCUT2D eigenvalue weighted by Gasteiger charge is 2.27. The van der Waals surface area contributed by atoms with E-state index in [0.29, 0.717) is 12.2 Å². The van der Waals surface area contributed by atoms with Gasteiger partial charge in [-0.15, -0.1) is 0 Å². The van der Waals surface area contributed by atoms with Crippen molar-refractivity contribution in [2.45, 2.75) is 46.1 Å². The van der Waals surface area contributed by atoms with Gasteiger partial charge in [0.05, 0.1) is 6.04 Å². The Morgan fingerprint density at radius 1 is 1.46 bits per heavy atom. The molecule has 1 aliphatic carbocycles. The Morgan fingerprint density at radius 2 is 2.08 bits per heavy atom. The molecule has 1 atom stereocenters. The number of likely N-dealkylation sites (N-methyl/N-ethyl adjacent to an activating group) is 1. The molecule has 0 saturated heterocycles. The molecule has 1 rings (SSSR count). The molecule has 0 spiro atoms. The van der Waals surface area contributed by atoms with E-state index in [-0.39, 0.29) is 6.04 Å². The Kier molecular flexibility index (Phi) is 3.91. The molecular weight excluding hydrogens is 162 g/mol. The van der Waals surface area contributed by atoms with Gasteiger partial charge in [-0.2, -0.15) is 0 Å². The summed E-state index contributed by atoms with van der Waals surface area (Å²) >= 11 is 0. The van der Waals surface area contributed by atoms with Gasteiger partial charge in [-0.05, 0) is 32.2 Å². The molecular formula is C11H21NO. The van der Waals surface area contributed by atoms with Crippen LogP contribution in [0.4, 0.5) is 0 Å². The quantitative estimate of drug-likeness (QED) is 0.628. The smallest absolute Gasteiger partial charge is 0.149 e. The fourth-order valence-corrected chi connectivity index (χ4v) is 1.69. The van der Waals surface area contributed by atoms with E-state index in [9.17, 15) is 4.79 Å². The molecule has 2 nitrogen and oxygen atoms in total. The molecule has 1 fully saturated rings. The summed E-state index contributed by atoms with van der Waals surface area (Å²) < 4.78 is 0. The molecule has 1 saturated carbocycles. The van der Waals surface area contributed by atoms with Crippen LogP contribution < -0.4 is 0 Å². The third-order valence-electron chi connectivity index (χ3n) is 2.96. The molecule has 0 heterocycles. The van der Waals surface area contributed by atoms with E-state index >= 15 is 0 Å². The third-order valence-corrected chi connectivity index (χ3v) is 2.96. The van der Waals surface area contributed by atoms with Gasteiger partial charge in [0.1, 0.15) is 5.78 Å². The zero-order valence-electron chi connectivity index (χ0n) is 9.05. The topological polar surface area (TPSA) is 20.3 Å². The Balaban J connectivity index is 2.38. The lowest BCUT2D eigenvalue weighted by atomic mass is 10.1. The summed E-state index contributed by atoms with van der Waals surface area (Å²) in [6.45, 7) is 8.26. The standard InChI is InChI=1S/C11H21NO/c1-4-11(13)9(3)12(5-2)8-10-6-7-10/h9-10H,4-8H2,1-3H3. The van der Waals surface area contributed by atoms with Crippen molar-refractivity contribution in [2.75, 3.05) is 13.1 Å². The highest BCUT2D eigenvalue weighted by atomic mass is 16.1. The minimum Gasteiger partial charge on any atom is -0.298 e. The Bertz CT molecular complexity index is 175. The van der Waals surface area contributed by atoms with Crippen LogP contribution in [0, 0.1) is 5.92 Å². The lowest BCUT2D eigenvalue weighted by molar-refractivity contribution is -0.123. The third kappa shape index (κ3) is 3.11. The first kappa shape index (κ1) is 10.7. The van der Waals surface area contributed by atoms with Crippen LogP contribution in [0.3, 0.4) is 0 Å². The van der Waals surface area contributed by atoms with E-state index in [1.54, 1.807) is 0 Å². The maximum atomic E-state index is 11.5. The highest BCUT2D eigenvalue weighted by Crippen LogP contribution is 2.30. The second kappa shape index (κ2) is 4.75. The average molecular weight is 183 g/mol. The van der Waals surface area contributed by atoms with Crippen LogP contribution in [0.1, 0.15) is 40.0 Å². The van der Waals surface area contributed by atoms with Crippen molar-refractivity contribution in [3.05, 3.63) is 0 Å². The van der Waals surface area contributed by atoms with E-state index in [0.717, 1.165) is 19.0 Å².